The first-order valence-electron chi connectivity index (χ1n) is 19.5. The van der Waals surface area contributed by atoms with E-state index in [0.29, 0.717) is 54.6 Å². The molecule has 8 unspecified atom stereocenters. The first-order valence-corrected chi connectivity index (χ1v) is 19.9. The number of benzene rings is 1. The van der Waals surface area contributed by atoms with Gasteiger partial charge in [-0.15, -0.1) is 0 Å². The van der Waals surface area contributed by atoms with Gasteiger partial charge in [-0.1, -0.05) is 70.8 Å². The summed E-state index contributed by atoms with van der Waals surface area (Å²) in [5.41, 5.74) is 3.44. The summed E-state index contributed by atoms with van der Waals surface area (Å²) in [6.45, 7) is 17.8. The molecule has 4 saturated carbocycles. The molecule has 6 rings (SSSR count). The number of ketones is 1. The Labute approximate surface area is 307 Å². The molecule has 7 heteroatoms. The fourth-order valence-corrected chi connectivity index (χ4v) is 13.0. The zero-order valence-electron chi connectivity index (χ0n) is 32.4. The number of esters is 1. The molecule has 0 bridgehead atoms. The van der Waals surface area contributed by atoms with Crippen molar-refractivity contribution in [3.05, 3.63) is 46.0 Å². The minimum atomic E-state index is -0.375. The standard InChI is InChI=1S/C43H63ClN2O4/c1-27(2)38-33(48)24-43(25-37(49)46(23-22-45(8)9)26-29-10-12-30(44)13-11-29)21-16-32-31(39(38)43)14-15-35-41(32,6)19-17-34-40(4,5)36(50-28(3)47)18-20-42(34,35)7/h10-13,27,31-32,34-36H,14-26H2,1-9H3. The molecule has 50 heavy (non-hydrogen) atoms. The van der Waals surface area contributed by atoms with Crippen LogP contribution in [-0.2, 0) is 25.7 Å². The van der Waals surface area contributed by atoms with Crippen molar-refractivity contribution < 1.29 is 19.1 Å². The Hall–Kier alpha value is -2.18. The summed E-state index contributed by atoms with van der Waals surface area (Å²) in [4.78, 5) is 44.8. The number of carbonyl (C=O) groups is 3. The van der Waals surface area contributed by atoms with Crippen molar-refractivity contribution in [1.82, 2.24) is 9.80 Å². The largest absolute Gasteiger partial charge is 0.462 e. The number of hydrogen-bond donors (Lipinski definition) is 0. The highest BCUT2D eigenvalue weighted by molar-refractivity contribution is 6.30. The highest BCUT2D eigenvalue weighted by Gasteiger charge is 2.66. The molecule has 0 aromatic heterocycles. The molecule has 6 nitrogen and oxygen atoms in total. The first kappa shape index (κ1) is 37.6. The minimum Gasteiger partial charge on any atom is -0.462 e. The second kappa shape index (κ2) is 13.7. The summed E-state index contributed by atoms with van der Waals surface area (Å²) in [6, 6.07) is 7.82. The monoisotopic (exact) mass is 706 g/mol. The van der Waals surface area contributed by atoms with Crippen LogP contribution in [0, 0.1) is 51.2 Å². The van der Waals surface area contributed by atoms with Crippen molar-refractivity contribution in [3.63, 3.8) is 0 Å². The van der Waals surface area contributed by atoms with E-state index in [2.05, 4.69) is 46.4 Å². The van der Waals surface area contributed by atoms with Crippen LogP contribution in [-0.4, -0.2) is 60.7 Å². The molecule has 0 heterocycles. The molecule has 5 aliphatic carbocycles. The zero-order valence-corrected chi connectivity index (χ0v) is 33.1. The molecule has 8 atom stereocenters. The van der Waals surface area contributed by atoms with E-state index in [-0.39, 0.29) is 51.3 Å². The highest BCUT2D eigenvalue weighted by atomic mass is 35.5. The number of allylic oxidation sites excluding steroid dienone is 2. The van der Waals surface area contributed by atoms with Crippen LogP contribution in [0.5, 0.6) is 0 Å². The van der Waals surface area contributed by atoms with E-state index in [9.17, 15) is 14.4 Å². The van der Waals surface area contributed by atoms with Gasteiger partial charge in [0.25, 0.3) is 0 Å². The molecule has 0 N–H and O–H groups in total. The molecule has 5 aliphatic rings. The van der Waals surface area contributed by atoms with E-state index in [1.165, 1.54) is 12.0 Å². The summed E-state index contributed by atoms with van der Waals surface area (Å²) < 4.78 is 5.95. The van der Waals surface area contributed by atoms with Crippen molar-refractivity contribution >= 4 is 29.3 Å². The Morgan fingerprint density at radius 3 is 2.22 bits per heavy atom. The normalized spacial score (nSPS) is 36.1. The van der Waals surface area contributed by atoms with Gasteiger partial charge in [0.2, 0.25) is 5.91 Å². The van der Waals surface area contributed by atoms with E-state index in [1.807, 2.05) is 43.3 Å². The molecule has 0 spiro atoms. The van der Waals surface area contributed by atoms with Gasteiger partial charge in [0, 0.05) is 55.3 Å². The van der Waals surface area contributed by atoms with Crippen LogP contribution in [0.15, 0.2) is 35.4 Å². The van der Waals surface area contributed by atoms with Crippen molar-refractivity contribution in [2.24, 2.45) is 51.2 Å². The maximum absolute atomic E-state index is 14.5. The predicted molar refractivity (Wildman–Crippen MR) is 200 cm³/mol. The lowest BCUT2D eigenvalue weighted by atomic mass is 9.36. The van der Waals surface area contributed by atoms with Crippen LogP contribution in [0.4, 0.5) is 0 Å². The van der Waals surface area contributed by atoms with Gasteiger partial charge in [-0.25, -0.2) is 0 Å². The Balaban J connectivity index is 1.30. The predicted octanol–water partition coefficient (Wildman–Crippen LogP) is 9.14. The Morgan fingerprint density at radius 2 is 1.58 bits per heavy atom. The van der Waals surface area contributed by atoms with Gasteiger partial charge in [-0.3, -0.25) is 14.4 Å². The average Bonchev–Trinajstić information content (AvgIpc) is 3.33. The number of hydrogen-bond acceptors (Lipinski definition) is 5. The van der Waals surface area contributed by atoms with Gasteiger partial charge < -0.3 is 14.5 Å². The Kier molecular flexibility index (Phi) is 10.3. The van der Waals surface area contributed by atoms with Gasteiger partial charge in [-0.05, 0) is 129 Å². The van der Waals surface area contributed by atoms with Crippen LogP contribution >= 0.6 is 11.6 Å². The minimum absolute atomic E-state index is 0.0214. The molecule has 1 aromatic rings. The van der Waals surface area contributed by atoms with E-state index < -0.39 is 0 Å². The number of fused-ring (bicyclic) bond motifs is 7. The molecule has 276 valence electrons. The first-order chi connectivity index (χ1) is 23.4. The van der Waals surface area contributed by atoms with Crippen LogP contribution in [0.3, 0.4) is 0 Å². The second-order valence-electron chi connectivity index (χ2n) is 18.7. The zero-order chi connectivity index (χ0) is 36.4. The lowest BCUT2D eigenvalue weighted by Gasteiger charge is -2.68. The fraction of sp³-hybridized carbons (Fsp3) is 0.744. The van der Waals surface area contributed by atoms with E-state index in [0.717, 1.165) is 62.6 Å². The smallest absolute Gasteiger partial charge is 0.302 e. The van der Waals surface area contributed by atoms with Crippen molar-refractivity contribution in [2.45, 2.75) is 125 Å². The summed E-state index contributed by atoms with van der Waals surface area (Å²) in [7, 11) is 4.10. The van der Waals surface area contributed by atoms with Crippen LogP contribution in [0.1, 0.15) is 118 Å². The van der Waals surface area contributed by atoms with E-state index >= 15 is 0 Å². The number of rotatable bonds is 9. The number of nitrogens with zero attached hydrogens (tertiary/aromatic N) is 2. The molecular formula is C43H63ClN2O4. The number of halogens is 1. The lowest BCUT2D eigenvalue weighted by molar-refractivity contribution is -0.212. The van der Waals surface area contributed by atoms with Gasteiger partial charge >= 0.3 is 5.97 Å². The van der Waals surface area contributed by atoms with Crippen LogP contribution in [0.25, 0.3) is 0 Å². The topological polar surface area (TPSA) is 66.9 Å². The summed E-state index contributed by atoms with van der Waals surface area (Å²) in [5.74, 6) is 2.43. The number of Topliss-reactive ketones (excluding diaryl/α,β-unsaturated/α-hetero) is 1. The van der Waals surface area contributed by atoms with E-state index in [4.69, 9.17) is 16.3 Å². The maximum Gasteiger partial charge on any atom is 0.302 e. The number of amides is 1. The summed E-state index contributed by atoms with van der Waals surface area (Å²) in [5, 5.41) is 0.695. The third-order valence-electron chi connectivity index (χ3n) is 14.9. The maximum atomic E-state index is 14.5. The average molecular weight is 707 g/mol. The molecule has 0 aliphatic heterocycles. The van der Waals surface area contributed by atoms with Gasteiger partial charge in [0.05, 0.1) is 0 Å². The third kappa shape index (κ3) is 6.41. The molecule has 1 amide bonds. The number of carbonyl (C=O) groups excluding carboxylic acids is 3. The van der Waals surface area contributed by atoms with Crippen molar-refractivity contribution in [3.8, 4) is 0 Å². The summed E-state index contributed by atoms with van der Waals surface area (Å²) >= 11 is 6.20. The number of ether oxygens (including phenoxy) is 1. The Bertz CT molecular complexity index is 1510. The van der Waals surface area contributed by atoms with Crippen LogP contribution in [0.2, 0.25) is 5.02 Å². The second-order valence-corrected chi connectivity index (χ2v) is 19.2. The van der Waals surface area contributed by atoms with Gasteiger partial charge in [-0.2, -0.15) is 0 Å². The van der Waals surface area contributed by atoms with Crippen LogP contribution < -0.4 is 0 Å². The number of likely N-dealkylation sites (N-methyl/N-ethyl adjacent to an activating group) is 1. The molecule has 4 fully saturated rings. The van der Waals surface area contributed by atoms with Gasteiger partial charge in [0.15, 0.2) is 5.78 Å². The van der Waals surface area contributed by atoms with Crippen molar-refractivity contribution in [2.75, 3.05) is 27.2 Å². The summed E-state index contributed by atoms with van der Waals surface area (Å²) in [6.07, 6.45) is 9.52. The molecule has 1 aromatic carbocycles. The third-order valence-corrected chi connectivity index (χ3v) is 15.2. The van der Waals surface area contributed by atoms with Crippen molar-refractivity contribution in [1.29, 1.82) is 0 Å². The highest BCUT2D eigenvalue weighted by Crippen LogP contribution is 2.73. The fourth-order valence-electron chi connectivity index (χ4n) is 12.8. The Morgan fingerprint density at radius 1 is 0.900 bits per heavy atom. The SMILES string of the molecule is CC(=O)OC1CCC2(C)C(CCC3(C)C4CCC5(CC(=O)N(CCN(C)C)Cc6ccc(Cl)cc6)CC(=O)C(C(C)C)=C5C4CCC32)C1(C)C. The van der Waals surface area contributed by atoms with Gasteiger partial charge in [0.1, 0.15) is 6.10 Å². The quantitative estimate of drug-likeness (QED) is 0.240. The molecular weight excluding hydrogens is 644 g/mol. The molecule has 0 radical (unpaired) electrons. The lowest BCUT2D eigenvalue weighted by Crippen LogP contribution is -2.63. The van der Waals surface area contributed by atoms with E-state index in [1.54, 1.807) is 6.92 Å². The molecule has 0 saturated heterocycles.